The van der Waals surface area contributed by atoms with E-state index in [1.807, 2.05) is 60.7 Å². The molecule has 2 aromatic carbocycles. The average molecular weight is 383 g/mol. The van der Waals surface area contributed by atoms with Gasteiger partial charge in [0.05, 0.1) is 6.04 Å². The molecule has 0 aliphatic heterocycles. The van der Waals surface area contributed by atoms with Crippen LogP contribution >= 0.6 is 0 Å². The highest BCUT2D eigenvalue weighted by Gasteiger charge is 2.11. The minimum atomic E-state index is -0.504. The fraction of sp³-hybridized carbons (Fsp3) is 0.391. The van der Waals surface area contributed by atoms with Crippen molar-refractivity contribution in [2.45, 2.75) is 44.6 Å². The minimum absolute atomic E-state index is 0.0570. The first-order valence-corrected chi connectivity index (χ1v) is 9.78. The molecule has 0 bridgehead atoms. The normalized spacial score (nSPS) is 10.6. The van der Waals surface area contributed by atoms with Crippen LogP contribution in [0.1, 0.15) is 36.8 Å². The molecule has 0 atom stereocenters. The number of rotatable bonds is 12. The van der Waals surface area contributed by atoms with Gasteiger partial charge in [-0.3, -0.25) is 9.59 Å². The van der Waals surface area contributed by atoms with E-state index in [0.29, 0.717) is 12.8 Å². The van der Waals surface area contributed by atoms with Crippen molar-refractivity contribution in [3.05, 3.63) is 71.8 Å². The lowest BCUT2D eigenvalue weighted by molar-refractivity contribution is -0.147. The molecule has 0 saturated heterocycles. The smallest absolute Gasteiger partial charge is 0.305 e. The van der Waals surface area contributed by atoms with Gasteiger partial charge in [-0.2, -0.15) is 0 Å². The summed E-state index contributed by atoms with van der Waals surface area (Å²) in [7, 11) is 0. The van der Waals surface area contributed by atoms with E-state index < -0.39 is 6.04 Å². The predicted octanol–water partition coefficient (Wildman–Crippen LogP) is 3.45. The van der Waals surface area contributed by atoms with Crippen LogP contribution in [0, 0.1) is 0 Å². The van der Waals surface area contributed by atoms with Crippen molar-refractivity contribution in [1.29, 1.82) is 0 Å². The first kappa shape index (κ1) is 21.6. The van der Waals surface area contributed by atoms with Crippen LogP contribution in [0.15, 0.2) is 60.7 Å². The molecule has 2 aromatic rings. The highest BCUT2D eigenvalue weighted by Crippen LogP contribution is 2.06. The number of aryl methyl sites for hydroxylation is 2. The van der Waals surface area contributed by atoms with Crippen LogP contribution in [0.2, 0.25) is 0 Å². The zero-order chi connectivity index (χ0) is 20.0. The third-order valence-electron chi connectivity index (χ3n) is 4.30. The fourth-order valence-corrected chi connectivity index (χ4v) is 2.76. The largest absolute Gasteiger partial charge is 0.464 e. The Labute approximate surface area is 166 Å². The summed E-state index contributed by atoms with van der Waals surface area (Å²) in [5.74, 6) is -0.555. The van der Waals surface area contributed by atoms with Crippen LogP contribution in [0.3, 0.4) is 0 Å². The SMILES string of the molecule is NC(COC(=O)CCCc1ccccc1)COC(=O)CCCc1ccccc1. The van der Waals surface area contributed by atoms with Crippen LogP contribution in [0.25, 0.3) is 0 Å². The molecule has 2 N–H and O–H groups in total. The van der Waals surface area contributed by atoms with Gasteiger partial charge in [-0.15, -0.1) is 0 Å². The summed E-state index contributed by atoms with van der Waals surface area (Å²) in [6.07, 6.45) is 3.83. The topological polar surface area (TPSA) is 78.6 Å². The molecule has 0 unspecified atom stereocenters. The van der Waals surface area contributed by atoms with E-state index >= 15 is 0 Å². The lowest BCUT2D eigenvalue weighted by Crippen LogP contribution is -2.33. The number of hydrogen-bond acceptors (Lipinski definition) is 5. The van der Waals surface area contributed by atoms with Gasteiger partial charge in [-0.05, 0) is 36.8 Å². The lowest BCUT2D eigenvalue weighted by atomic mass is 10.1. The number of nitrogens with two attached hydrogens (primary N) is 1. The van der Waals surface area contributed by atoms with Crippen LogP contribution in [-0.2, 0) is 31.9 Å². The van der Waals surface area contributed by atoms with Crippen LogP contribution in [-0.4, -0.2) is 31.2 Å². The summed E-state index contributed by atoms with van der Waals surface area (Å²) in [5, 5.41) is 0. The van der Waals surface area contributed by atoms with Crippen LogP contribution in [0.4, 0.5) is 0 Å². The number of benzene rings is 2. The zero-order valence-electron chi connectivity index (χ0n) is 16.2. The molecule has 0 amide bonds. The maximum Gasteiger partial charge on any atom is 0.305 e. The molecule has 0 radical (unpaired) electrons. The Morgan fingerprint density at radius 1 is 0.714 bits per heavy atom. The van der Waals surface area contributed by atoms with Gasteiger partial charge in [0.25, 0.3) is 0 Å². The predicted molar refractivity (Wildman–Crippen MR) is 109 cm³/mol. The monoisotopic (exact) mass is 383 g/mol. The Morgan fingerprint density at radius 2 is 1.11 bits per heavy atom. The van der Waals surface area contributed by atoms with Gasteiger partial charge in [-0.25, -0.2) is 0 Å². The van der Waals surface area contributed by atoms with Crippen LogP contribution in [0.5, 0.6) is 0 Å². The number of carbonyl (C=O) groups excluding carboxylic acids is 2. The van der Waals surface area contributed by atoms with Gasteiger partial charge in [0.15, 0.2) is 0 Å². The summed E-state index contributed by atoms with van der Waals surface area (Å²) in [5.41, 5.74) is 8.26. The Hall–Kier alpha value is -2.66. The van der Waals surface area contributed by atoms with Crippen molar-refractivity contribution in [3.8, 4) is 0 Å². The molecule has 5 nitrogen and oxygen atoms in total. The van der Waals surface area contributed by atoms with E-state index in [2.05, 4.69) is 0 Å². The zero-order valence-corrected chi connectivity index (χ0v) is 16.2. The van der Waals surface area contributed by atoms with Crippen molar-refractivity contribution < 1.29 is 19.1 Å². The van der Waals surface area contributed by atoms with Gasteiger partial charge < -0.3 is 15.2 Å². The third kappa shape index (κ3) is 9.33. The minimum Gasteiger partial charge on any atom is -0.464 e. The van der Waals surface area contributed by atoms with Gasteiger partial charge >= 0.3 is 11.9 Å². The molecule has 0 aromatic heterocycles. The van der Waals surface area contributed by atoms with E-state index in [-0.39, 0.29) is 25.2 Å². The summed E-state index contributed by atoms with van der Waals surface area (Å²) >= 11 is 0. The van der Waals surface area contributed by atoms with Gasteiger partial charge in [-0.1, -0.05) is 60.7 Å². The van der Waals surface area contributed by atoms with E-state index in [1.165, 1.54) is 11.1 Å². The van der Waals surface area contributed by atoms with E-state index in [9.17, 15) is 9.59 Å². The van der Waals surface area contributed by atoms with Crippen molar-refractivity contribution >= 4 is 11.9 Å². The van der Waals surface area contributed by atoms with Crippen LogP contribution < -0.4 is 5.73 Å². The third-order valence-corrected chi connectivity index (χ3v) is 4.30. The van der Waals surface area contributed by atoms with Gasteiger partial charge in [0, 0.05) is 12.8 Å². The molecule has 0 saturated carbocycles. The Morgan fingerprint density at radius 3 is 1.50 bits per heavy atom. The molecule has 5 heteroatoms. The summed E-state index contributed by atoms with van der Waals surface area (Å²) < 4.78 is 10.3. The molecule has 0 fully saturated rings. The number of hydrogen-bond donors (Lipinski definition) is 1. The fourth-order valence-electron chi connectivity index (χ4n) is 2.76. The molecule has 0 heterocycles. The highest BCUT2D eigenvalue weighted by molar-refractivity contribution is 5.69. The molecule has 28 heavy (non-hydrogen) atoms. The molecule has 0 aliphatic rings. The van der Waals surface area contributed by atoms with Crippen molar-refractivity contribution in [1.82, 2.24) is 0 Å². The number of esters is 2. The lowest BCUT2D eigenvalue weighted by Gasteiger charge is -2.13. The average Bonchev–Trinajstić information content (AvgIpc) is 2.72. The highest BCUT2D eigenvalue weighted by atomic mass is 16.5. The Kier molecular flexibility index (Phi) is 9.80. The number of carbonyl (C=O) groups is 2. The molecule has 2 rings (SSSR count). The summed E-state index contributed by atoms with van der Waals surface area (Å²) in [6, 6.07) is 19.5. The second-order valence-electron chi connectivity index (χ2n) is 6.80. The molecule has 0 aliphatic carbocycles. The summed E-state index contributed by atoms with van der Waals surface area (Å²) in [4.78, 5) is 23.5. The second-order valence-corrected chi connectivity index (χ2v) is 6.80. The first-order chi connectivity index (χ1) is 13.6. The van der Waals surface area contributed by atoms with E-state index in [4.69, 9.17) is 15.2 Å². The summed E-state index contributed by atoms with van der Waals surface area (Å²) in [6.45, 7) is 0.114. The molecule has 0 spiro atoms. The number of ether oxygens (including phenoxy) is 2. The first-order valence-electron chi connectivity index (χ1n) is 9.78. The van der Waals surface area contributed by atoms with Crippen molar-refractivity contribution in [2.24, 2.45) is 5.73 Å². The van der Waals surface area contributed by atoms with Crippen molar-refractivity contribution in [3.63, 3.8) is 0 Å². The Balaban J connectivity index is 1.49. The molecular formula is C23H29NO4. The molecule has 150 valence electrons. The second kappa shape index (κ2) is 12.7. The van der Waals surface area contributed by atoms with Crippen molar-refractivity contribution in [2.75, 3.05) is 13.2 Å². The van der Waals surface area contributed by atoms with E-state index in [1.54, 1.807) is 0 Å². The maximum atomic E-state index is 11.8. The van der Waals surface area contributed by atoms with Gasteiger partial charge in [0.1, 0.15) is 13.2 Å². The maximum absolute atomic E-state index is 11.8. The molecular weight excluding hydrogens is 354 g/mol. The Bertz CT molecular complexity index is 642. The van der Waals surface area contributed by atoms with Gasteiger partial charge in [0.2, 0.25) is 0 Å². The standard InChI is InChI=1S/C23H29NO4/c24-21(17-27-22(25)15-7-13-19-9-3-1-4-10-19)18-28-23(26)16-8-14-20-11-5-2-6-12-20/h1-6,9-12,21H,7-8,13-18,24H2. The quantitative estimate of drug-likeness (QED) is 0.568. The van der Waals surface area contributed by atoms with E-state index in [0.717, 1.165) is 25.7 Å².